The van der Waals surface area contributed by atoms with Crippen LogP contribution in [0.15, 0.2) is 12.2 Å². The molecule has 7 nitrogen and oxygen atoms in total. The molecule has 0 heterocycles. The van der Waals surface area contributed by atoms with Gasteiger partial charge >= 0.3 is 17.9 Å². The molecule has 0 saturated heterocycles. The number of carbonyl (C=O) groups is 3. The molecule has 0 amide bonds. The minimum absolute atomic E-state index is 0.168. The van der Waals surface area contributed by atoms with Crippen molar-refractivity contribution in [3.05, 3.63) is 12.2 Å². The van der Waals surface area contributed by atoms with Gasteiger partial charge in [0, 0.05) is 5.92 Å². The molecule has 0 aromatic heterocycles. The average molecular weight is 378 g/mol. The van der Waals surface area contributed by atoms with Crippen molar-refractivity contribution in [2.75, 3.05) is 0 Å². The van der Waals surface area contributed by atoms with E-state index in [1.165, 1.54) is 6.92 Å². The molecule has 4 aliphatic rings. The molecule has 1 spiro atoms. The largest absolute Gasteiger partial charge is 0.481 e. The van der Waals surface area contributed by atoms with E-state index < -0.39 is 57.5 Å². The Morgan fingerprint density at radius 3 is 2.30 bits per heavy atom. The van der Waals surface area contributed by atoms with Gasteiger partial charge in [-0.1, -0.05) is 13.0 Å². The summed E-state index contributed by atoms with van der Waals surface area (Å²) in [6.45, 7) is 5.48. The molecule has 0 radical (unpaired) electrons. The minimum atomic E-state index is -1.42. The van der Waals surface area contributed by atoms with Gasteiger partial charge in [0.2, 0.25) is 0 Å². The molecular weight excluding hydrogens is 352 g/mol. The van der Waals surface area contributed by atoms with Crippen molar-refractivity contribution < 1.29 is 34.8 Å². The van der Waals surface area contributed by atoms with Gasteiger partial charge < -0.3 is 20.4 Å². The zero-order valence-electron chi connectivity index (χ0n) is 15.4. The zero-order chi connectivity index (χ0) is 20.0. The van der Waals surface area contributed by atoms with Crippen LogP contribution in [0.4, 0.5) is 0 Å². The molecule has 148 valence electrons. The van der Waals surface area contributed by atoms with E-state index in [0.29, 0.717) is 24.8 Å². The van der Waals surface area contributed by atoms with E-state index in [9.17, 15) is 34.8 Å². The first-order chi connectivity index (χ1) is 12.5. The lowest BCUT2D eigenvalue weighted by molar-refractivity contribution is -0.177. The van der Waals surface area contributed by atoms with Crippen LogP contribution in [0.2, 0.25) is 0 Å². The molecule has 0 aromatic carbocycles. The molecule has 2 bridgehead atoms. The third-order valence-electron chi connectivity index (χ3n) is 8.62. The third kappa shape index (κ3) is 1.88. The van der Waals surface area contributed by atoms with Gasteiger partial charge in [0.15, 0.2) is 0 Å². The number of aliphatic carboxylic acids is 3. The number of carboxylic acid groups (broad SMARTS) is 3. The molecule has 4 rings (SSSR count). The Morgan fingerprint density at radius 1 is 1.07 bits per heavy atom. The lowest BCUT2D eigenvalue weighted by atomic mass is 9.52. The van der Waals surface area contributed by atoms with Crippen LogP contribution in [0.5, 0.6) is 0 Å². The maximum Gasteiger partial charge on any atom is 0.310 e. The molecule has 0 aliphatic heterocycles. The van der Waals surface area contributed by atoms with E-state index in [-0.39, 0.29) is 25.7 Å². The van der Waals surface area contributed by atoms with Crippen LogP contribution in [-0.2, 0) is 14.4 Å². The number of hydrogen-bond donors (Lipinski definition) is 4. The smallest absolute Gasteiger partial charge is 0.310 e. The van der Waals surface area contributed by atoms with E-state index in [1.54, 1.807) is 0 Å². The summed E-state index contributed by atoms with van der Waals surface area (Å²) in [6, 6.07) is 0. The normalized spacial score (nSPS) is 50.7. The first-order valence-electron chi connectivity index (χ1n) is 9.56. The summed E-state index contributed by atoms with van der Waals surface area (Å²) in [5, 5.41) is 41.5. The van der Waals surface area contributed by atoms with Gasteiger partial charge in [0.25, 0.3) is 0 Å². The first-order valence-corrected chi connectivity index (χ1v) is 9.56. The van der Waals surface area contributed by atoms with E-state index in [1.807, 2.05) is 0 Å². The fourth-order valence-electron chi connectivity index (χ4n) is 7.72. The molecule has 4 saturated carbocycles. The van der Waals surface area contributed by atoms with Crippen LogP contribution >= 0.6 is 0 Å². The maximum atomic E-state index is 12.7. The monoisotopic (exact) mass is 378 g/mol. The van der Waals surface area contributed by atoms with Crippen molar-refractivity contribution in [3.8, 4) is 0 Å². The molecule has 0 aromatic rings. The fourth-order valence-corrected chi connectivity index (χ4v) is 7.72. The van der Waals surface area contributed by atoms with Crippen molar-refractivity contribution in [3.63, 3.8) is 0 Å². The van der Waals surface area contributed by atoms with Gasteiger partial charge in [-0.3, -0.25) is 14.4 Å². The van der Waals surface area contributed by atoms with Crippen molar-refractivity contribution in [2.45, 2.75) is 57.5 Å². The number of rotatable bonds is 3. The van der Waals surface area contributed by atoms with Crippen molar-refractivity contribution >= 4 is 17.9 Å². The fraction of sp³-hybridized carbons (Fsp3) is 0.750. The van der Waals surface area contributed by atoms with E-state index in [2.05, 4.69) is 6.58 Å². The van der Waals surface area contributed by atoms with Crippen molar-refractivity contribution in [2.24, 2.45) is 34.0 Å². The Kier molecular flexibility index (Phi) is 3.51. The number of fused-ring (bicyclic) bond motifs is 3. The lowest BCUT2D eigenvalue weighted by Crippen LogP contribution is -2.55. The Morgan fingerprint density at radius 2 is 1.74 bits per heavy atom. The van der Waals surface area contributed by atoms with E-state index >= 15 is 0 Å². The standard InChI is InChI=1S/C20H26O7/c1-10-8-18-9-19(10,27)7-4-11(18)20(16(25)26)6-3-5-17(2,15(23)24)13(20)12(18)14(21)22/h11-13,27H,1,3-9H2,2H3,(H,21,22)(H,23,24)(H,25,26)/t11-,12-,13?,17-,18?,19-,20-/m1/s1. The summed E-state index contributed by atoms with van der Waals surface area (Å²) in [7, 11) is 0. The quantitative estimate of drug-likeness (QED) is 0.553. The number of carboxylic acids is 3. The highest BCUT2D eigenvalue weighted by Crippen LogP contribution is 2.78. The Bertz CT molecular complexity index is 774. The predicted octanol–water partition coefficient (Wildman–Crippen LogP) is 2.14. The van der Waals surface area contributed by atoms with Crippen LogP contribution in [-0.4, -0.2) is 43.9 Å². The van der Waals surface area contributed by atoms with Crippen molar-refractivity contribution in [1.82, 2.24) is 0 Å². The topological polar surface area (TPSA) is 132 Å². The Labute approximate surface area is 157 Å². The third-order valence-corrected chi connectivity index (χ3v) is 8.62. The first kappa shape index (κ1) is 18.5. The Balaban J connectivity index is 2.01. The van der Waals surface area contributed by atoms with E-state index in [4.69, 9.17) is 0 Å². The molecule has 4 fully saturated rings. The summed E-state index contributed by atoms with van der Waals surface area (Å²) in [5.41, 5.74) is -4.36. The van der Waals surface area contributed by atoms with Gasteiger partial charge in [0.1, 0.15) is 0 Å². The van der Waals surface area contributed by atoms with Crippen LogP contribution in [0, 0.1) is 34.0 Å². The molecule has 4 aliphatic carbocycles. The summed E-state index contributed by atoms with van der Waals surface area (Å²) >= 11 is 0. The average Bonchev–Trinajstić information content (AvgIpc) is 2.93. The molecule has 4 N–H and O–H groups in total. The SMILES string of the molecule is C=C1CC23C[C@]1(O)CC[C@H]2[C@]1(C(=O)O)CCC[C@@](C)(C(=O)O)C1[C@@H]3C(=O)O. The second kappa shape index (κ2) is 5.13. The van der Waals surface area contributed by atoms with Crippen LogP contribution in [0.3, 0.4) is 0 Å². The predicted molar refractivity (Wildman–Crippen MR) is 92.8 cm³/mol. The highest BCUT2D eigenvalue weighted by molar-refractivity contribution is 5.86. The van der Waals surface area contributed by atoms with Crippen molar-refractivity contribution in [1.29, 1.82) is 0 Å². The van der Waals surface area contributed by atoms with Gasteiger partial charge in [-0.15, -0.1) is 0 Å². The van der Waals surface area contributed by atoms with Gasteiger partial charge in [0.05, 0.1) is 22.3 Å². The van der Waals surface area contributed by atoms with Gasteiger partial charge in [-0.05, 0) is 62.4 Å². The second-order valence-electron chi connectivity index (χ2n) is 9.53. The summed E-state index contributed by atoms with van der Waals surface area (Å²) in [5.74, 6) is -5.97. The zero-order valence-corrected chi connectivity index (χ0v) is 15.4. The number of aliphatic hydroxyl groups is 1. The van der Waals surface area contributed by atoms with Crippen LogP contribution < -0.4 is 0 Å². The van der Waals surface area contributed by atoms with Crippen LogP contribution in [0.25, 0.3) is 0 Å². The highest BCUT2D eigenvalue weighted by atomic mass is 16.4. The summed E-state index contributed by atoms with van der Waals surface area (Å²) in [4.78, 5) is 37.4. The second-order valence-corrected chi connectivity index (χ2v) is 9.53. The molecule has 7 atom stereocenters. The highest BCUT2D eigenvalue weighted by Gasteiger charge is 2.80. The molecule has 7 heteroatoms. The summed E-state index contributed by atoms with van der Waals surface area (Å²) < 4.78 is 0. The number of hydrogen-bond acceptors (Lipinski definition) is 4. The lowest BCUT2D eigenvalue weighted by Gasteiger charge is -2.49. The van der Waals surface area contributed by atoms with Gasteiger partial charge in [-0.2, -0.15) is 0 Å². The van der Waals surface area contributed by atoms with Crippen LogP contribution in [0.1, 0.15) is 51.9 Å². The van der Waals surface area contributed by atoms with E-state index in [0.717, 1.165) is 0 Å². The van der Waals surface area contributed by atoms with Gasteiger partial charge in [-0.25, -0.2) is 0 Å². The molecule has 27 heavy (non-hydrogen) atoms. The molecule has 2 unspecified atom stereocenters. The summed E-state index contributed by atoms with van der Waals surface area (Å²) in [6.07, 6.45) is 2.16. The Hall–Kier alpha value is -1.89. The molecular formula is C20H26O7. The minimum Gasteiger partial charge on any atom is -0.481 e. The maximum absolute atomic E-state index is 12.7.